The van der Waals surface area contributed by atoms with Crippen LogP contribution in [0.3, 0.4) is 0 Å². The fraction of sp³-hybridized carbons (Fsp3) is 0.379. The summed E-state index contributed by atoms with van der Waals surface area (Å²) >= 11 is 1.67. The summed E-state index contributed by atoms with van der Waals surface area (Å²) in [5.74, 6) is -1.06. The number of thiophene rings is 1. The third kappa shape index (κ3) is 6.45. The molecule has 0 saturated carbocycles. The molecule has 3 aromatic rings. The van der Waals surface area contributed by atoms with Gasteiger partial charge in [-0.25, -0.2) is 0 Å². The Kier molecular flexibility index (Phi) is 8.50. The highest BCUT2D eigenvalue weighted by Crippen LogP contribution is 2.33. The number of Topliss-reactive ketones (excluding diaryl/α,β-unsaturated/α-hetero) is 1. The zero-order valence-corrected chi connectivity index (χ0v) is 20.9. The van der Waals surface area contributed by atoms with Gasteiger partial charge in [0.25, 0.3) is 5.91 Å². The zero-order valence-electron chi connectivity index (χ0n) is 20.1. The lowest BCUT2D eigenvalue weighted by Crippen LogP contribution is -2.47. The Morgan fingerprint density at radius 1 is 1.03 bits per heavy atom. The second kappa shape index (κ2) is 11.8. The van der Waals surface area contributed by atoms with Crippen molar-refractivity contribution in [2.24, 2.45) is 0 Å². The van der Waals surface area contributed by atoms with Crippen LogP contribution in [0, 0.1) is 6.92 Å². The molecule has 0 spiro atoms. The van der Waals surface area contributed by atoms with Crippen LogP contribution in [0.5, 0.6) is 0 Å². The van der Waals surface area contributed by atoms with Crippen molar-refractivity contribution in [3.05, 3.63) is 93.2 Å². The summed E-state index contributed by atoms with van der Waals surface area (Å²) in [7, 11) is 0. The monoisotopic (exact) mass is 491 g/mol. The molecule has 2 heterocycles. The van der Waals surface area contributed by atoms with E-state index in [9.17, 15) is 19.8 Å². The fourth-order valence-electron chi connectivity index (χ4n) is 4.71. The highest BCUT2D eigenvalue weighted by Gasteiger charge is 2.38. The van der Waals surface area contributed by atoms with Crippen molar-refractivity contribution in [3.8, 4) is 0 Å². The van der Waals surface area contributed by atoms with E-state index in [-0.39, 0.29) is 12.5 Å². The molecule has 0 radical (unpaired) electrons. The first-order valence-electron chi connectivity index (χ1n) is 12.3. The molecule has 0 bridgehead atoms. The molecule has 184 valence electrons. The molecule has 2 aromatic carbocycles. The Morgan fingerprint density at radius 3 is 2.51 bits per heavy atom. The van der Waals surface area contributed by atoms with Gasteiger partial charge in [0.2, 0.25) is 0 Å². The molecule has 1 amide bonds. The third-order valence-electron chi connectivity index (χ3n) is 6.69. The summed E-state index contributed by atoms with van der Waals surface area (Å²) in [5, 5.41) is 23.1. The van der Waals surface area contributed by atoms with Crippen LogP contribution < -0.4 is 0 Å². The second-order valence-electron chi connectivity index (χ2n) is 9.39. The van der Waals surface area contributed by atoms with E-state index in [1.54, 1.807) is 16.2 Å². The molecule has 6 heteroatoms. The lowest BCUT2D eigenvalue weighted by atomic mass is 10.0. The van der Waals surface area contributed by atoms with Gasteiger partial charge in [-0.1, -0.05) is 60.2 Å². The van der Waals surface area contributed by atoms with Gasteiger partial charge in [-0.15, -0.1) is 11.3 Å². The van der Waals surface area contributed by atoms with Crippen molar-refractivity contribution < 1.29 is 19.8 Å². The minimum absolute atomic E-state index is 0.124. The van der Waals surface area contributed by atoms with Gasteiger partial charge in [-0.2, -0.15) is 0 Å². The largest absolute Gasteiger partial charge is 0.382 e. The maximum absolute atomic E-state index is 13.0. The first kappa shape index (κ1) is 25.3. The Labute approximate surface area is 211 Å². The number of hydrogen-bond acceptors (Lipinski definition) is 5. The lowest BCUT2D eigenvalue weighted by Gasteiger charge is -2.28. The quantitative estimate of drug-likeness (QED) is 0.434. The van der Waals surface area contributed by atoms with Crippen LogP contribution >= 0.6 is 11.3 Å². The van der Waals surface area contributed by atoms with Crippen molar-refractivity contribution in [3.63, 3.8) is 0 Å². The molecule has 1 fully saturated rings. The molecule has 1 aliphatic heterocycles. The first-order chi connectivity index (χ1) is 16.9. The van der Waals surface area contributed by atoms with E-state index in [4.69, 9.17) is 0 Å². The summed E-state index contributed by atoms with van der Waals surface area (Å²) in [6, 6.07) is 20.3. The molecule has 4 rings (SSSR count). The zero-order chi connectivity index (χ0) is 24.8. The summed E-state index contributed by atoms with van der Waals surface area (Å²) in [6.45, 7) is 2.52. The number of likely N-dealkylation sites (tertiary alicyclic amines) is 1. The van der Waals surface area contributed by atoms with Crippen molar-refractivity contribution >= 4 is 23.0 Å². The molecule has 0 aliphatic carbocycles. The van der Waals surface area contributed by atoms with Crippen LogP contribution in [0.2, 0.25) is 0 Å². The highest BCUT2D eigenvalue weighted by molar-refractivity contribution is 7.10. The number of benzene rings is 2. The maximum atomic E-state index is 13.0. The molecule has 35 heavy (non-hydrogen) atoms. The summed E-state index contributed by atoms with van der Waals surface area (Å²) < 4.78 is 0. The Bertz CT molecular complexity index is 1130. The number of aryl methyl sites for hydroxylation is 2. The van der Waals surface area contributed by atoms with Crippen LogP contribution in [-0.4, -0.2) is 45.6 Å². The van der Waals surface area contributed by atoms with Crippen molar-refractivity contribution in [1.29, 1.82) is 0 Å². The predicted octanol–water partition coefficient (Wildman–Crippen LogP) is 4.62. The predicted molar refractivity (Wildman–Crippen MR) is 138 cm³/mol. The molecule has 1 aromatic heterocycles. The van der Waals surface area contributed by atoms with Crippen molar-refractivity contribution in [2.75, 3.05) is 6.54 Å². The van der Waals surface area contributed by atoms with E-state index >= 15 is 0 Å². The third-order valence-corrected chi connectivity index (χ3v) is 7.73. The Balaban J connectivity index is 1.26. The normalized spacial score (nSPS) is 17.3. The number of carbonyl (C=O) groups excluding carboxylic acids is 2. The number of carbonyl (C=O) groups is 2. The molecule has 2 N–H and O–H groups in total. The van der Waals surface area contributed by atoms with Gasteiger partial charge < -0.3 is 15.1 Å². The topological polar surface area (TPSA) is 77.8 Å². The van der Waals surface area contributed by atoms with E-state index in [1.165, 1.54) is 16.0 Å². The van der Waals surface area contributed by atoms with Gasteiger partial charge in [0, 0.05) is 17.8 Å². The van der Waals surface area contributed by atoms with Crippen molar-refractivity contribution in [1.82, 2.24) is 4.90 Å². The summed E-state index contributed by atoms with van der Waals surface area (Å²) in [5.41, 5.74) is 4.66. The first-order valence-corrected chi connectivity index (χ1v) is 13.2. The van der Waals surface area contributed by atoms with E-state index < -0.39 is 23.9 Å². The average molecular weight is 492 g/mol. The van der Waals surface area contributed by atoms with Crippen LogP contribution in [0.1, 0.15) is 58.9 Å². The van der Waals surface area contributed by atoms with Gasteiger partial charge in [-0.05, 0) is 67.2 Å². The molecule has 1 aliphatic rings. The van der Waals surface area contributed by atoms with E-state index in [1.807, 2.05) is 49.4 Å². The standard InChI is InChI=1S/C29H33NO4S/c1-20-12-14-23(15-13-20)25-10-6-16-30(25)29(34)28(33)27(32)26(31)11-5-9-24-18-22(19-35-24)17-21-7-3-2-4-8-21/h2-4,7-8,12-15,18-19,25,27-28,32-33H,5-6,9-11,16-17H2,1H3/t25?,27-,28+/m0/s1. The van der Waals surface area contributed by atoms with Gasteiger partial charge in [0.15, 0.2) is 11.9 Å². The number of rotatable bonds is 10. The molecule has 3 atom stereocenters. The lowest BCUT2D eigenvalue weighted by molar-refractivity contribution is -0.153. The highest BCUT2D eigenvalue weighted by atomic mass is 32.1. The minimum atomic E-state index is -1.73. The SMILES string of the molecule is Cc1ccc(C2CCCN2C(=O)[C@H](O)[C@@H](O)C(=O)CCCc2cc(Cc3ccccc3)cs2)cc1. The van der Waals surface area contributed by atoms with Gasteiger partial charge >= 0.3 is 0 Å². The number of aliphatic hydroxyl groups is 2. The number of nitrogens with zero attached hydrogens (tertiary/aromatic N) is 1. The van der Waals surface area contributed by atoms with Gasteiger partial charge in [0.1, 0.15) is 6.10 Å². The van der Waals surface area contributed by atoms with E-state index in [0.717, 1.165) is 36.8 Å². The molecular formula is C29H33NO4S. The molecule has 1 unspecified atom stereocenters. The average Bonchev–Trinajstić information content (AvgIpc) is 3.53. The Hall–Kier alpha value is -2.80. The molecule has 1 saturated heterocycles. The summed E-state index contributed by atoms with van der Waals surface area (Å²) in [6.07, 6.45) is 0.502. The van der Waals surface area contributed by atoms with E-state index in [2.05, 4.69) is 23.6 Å². The number of ketones is 1. The smallest absolute Gasteiger partial charge is 0.255 e. The van der Waals surface area contributed by atoms with Crippen LogP contribution in [0.4, 0.5) is 0 Å². The minimum Gasteiger partial charge on any atom is -0.382 e. The summed E-state index contributed by atoms with van der Waals surface area (Å²) in [4.78, 5) is 28.3. The van der Waals surface area contributed by atoms with Crippen LogP contribution in [-0.2, 0) is 22.4 Å². The van der Waals surface area contributed by atoms with E-state index in [0.29, 0.717) is 13.0 Å². The fourth-order valence-corrected chi connectivity index (χ4v) is 5.65. The molecule has 5 nitrogen and oxygen atoms in total. The maximum Gasteiger partial charge on any atom is 0.255 e. The van der Waals surface area contributed by atoms with Crippen molar-refractivity contribution in [2.45, 2.75) is 63.7 Å². The molecular weight excluding hydrogens is 458 g/mol. The number of hydrogen-bond donors (Lipinski definition) is 2. The Morgan fingerprint density at radius 2 is 1.77 bits per heavy atom. The van der Waals surface area contributed by atoms with Crippen LogP contribution in [0.15, 0.2) is 66.0 Å². The van der Waals surface area contributed by atoms with Crippen LogP contribution in [0.25, 0.3) is 0 Å². The second-order valence-corrected chi connectivity index (χ2v) is 10.4. The van der Waals surface area contributed by atoms with Gasteiger partial charge in [-0.3, -0.25) is 9.59 Å². The van der Waals surface area contributed by atoms with Gasteiger partial charge in [0.05, 0.1) is 6.04 Å². The number of amides is 1. The number of aliphatic hydroxyl groups excluding tert-OH is 2.